The molecule has 8 nitrogen and oxygen atoms in total. The molecule has 2 aromatic carbocycles. The predicted octanol–water partition coefficient (Wildman–Crippen LogP) is 6.46. The molecule has 4 N–H and O–H groups in total. The van der Waals surface area contributed by atoms with E-state index in [1.165, 1.54) is 38.5 Å². The molecule has 0 aromatic heterocycles. The van der Waals surface area contributed by atoms with Gasteiger partial charge in [-0.1, -0.05) is 74.9 Å². The van der Waals surface area contributed by atoms with Crippen molar-refractivity contribution in [2.45, 2.75) is 114 Å². The van der Waals surface area contributed by atoms with E-state index >= 15 is 0 Å². The van der Waals surface area contributed by atoms with Crippen molar-refractivity contribution in [1.82, 2.24) is 9.80 Å². The summed E-state index contributed by atoms with van der Waals surface area (Å²) in [5.41, 5.74) is 3.55. The Morgan fingerprint density at radius 2 is 0.935 bits per heavy atom. The van der Waals surface area contributed by atoms with E-state index in [0.717, 1.165) is 87.0 Å². The van der Waals surface area contributed by atoms with E-state index in [9.17, 15) is 19.8 Å². The van der Waals surface area contributed by atoms with Crippen LogP contribution < -0.4 is 10.6 Å². The average molecular weight is 629 g/mol. The number of nitrogens with one attached hydrogen (secondary N) is 2. The fourth-order valence-electron chi connectivity index (χ4n) is 8.18. The Morgan fingerprint density at radius 3 is 1.30 bits per heavy atom. The molecule has 46 heavy (non-hydrogen) atoms. The number of carbonyl (C=O) groups excluding carboxylic acids is 2. The fraction of sp³-hybridized carbons (Fsp3) is 0.579. The summed E-state index contributed by atoms with van der Waals surface area (Å²) in [4.78, 5) is 30.4. The second kappa shape index (κ2) is 15.7. The van der Waals surface area contributed by atoms with E-state index in [0.29, 0.717) is 0 Å². The Morgan fingerprint density at radius 1 is 0.565 bits per heavy atom. The number of rotatable bonds is 10. The van der Waals surface area contributed by atoms with Gasteiger partial charge in [-0.2, -0.15) is 0 Å². The summed E-state index contributed by atoms with van der Waals surface area (Å²) in [5, 5.41) is 28.2. The van der Waals surface area contributed by atoms with Gasteiger partial charge in [0.05, 0.1) is 12.1 Å². The smallest absolute Gasteiger partial charge is 0.241 e. The van der Waals surface area contributed by atoms with E-state index in [-0.39, 0.29) is 35.7 Å². The van der Waals surface area contributed by atoms with Gasteiger partial charge in [0.2, 0.25) is 11.8 Å². The lowest BCUT2D eigenvalue weighted by Crippen LogP contribution is -2.48. The molecule has 0 radical (unpaired) electrons. The number of likely N-dealkylation sites (tertiary alicyclic amines) is 2. The molecule has 0 unspecified atom stereocenters. The summed E-state index contributed by atoms with van der Waals surface area (Å²) in [6, 6.07) is 15.1. The van der Waals surface area contributed by atoms with Gasteiger partial charge in [0.1, 0.15) is 12.5 Å². The number of hydrogen-bond acceptors (Lipinski definition) is 6. The monoisotopic (exact) mass is 628 g/mol. The molecule has 2 saturated heterocycles. The maximum absolute atomic E-state index is 13.2. The van der Waals surface area contributed by atoms with Crippen molar-refractivity contribution in [2.75, 3.05) is 23.7 Å². The highest BCUT2D eigenvalue weighted by atomic mass is 16.3. The van der Waals surface area contributed by atoms with Crippen LogP contribution in [-0.4, -0.2) is 69.5 Å². The Balaban J connectivity index is 0.983. The summed E-state index contributed by atoms with van der Waals surface area (Å²) in [5.74, 6) is 0.473. The molecular weight excluding hydrogens is 576 g/mol. The van der Waals surface area contributed by atoms with Gasteiger partial charge < -0.3 is 20.8 Å². The third-order valence-corrected chi connectivity index (χ3v) is 10.8. The summed E-state index contributed by atoms with van der Waals surface area (Å²) in [6.45, 7) is 1.55. The Kier molecular flexibility index (Phi) is 11.2. The molecular formula is C38H52N4O4. The van der Waals surface area contributed by atoms with Gasteiger partial charge in [0.25, 0.3) is 0 Å². The van der Waals surface area contributed by atoms with Crippen molar-refractivity contribution in [3.05, 3.63) is 59.7 Å². The van der Waals surface area contributed by atoms with Crippen LogP contribution in [-0.2, 0) is 9.59 Å². The van der Waals surface area contributed by atoms with Gasteiger partial charge in [-0.25, -0.2) is 0 Å². The van der Waals surface area contributed by atoms with Gasteiger partial charge >= 0.3 is 0 Å². The van der Waals surface area contributed by atoms with Crippen LogP contribution >= 0.6 is 0 Å². The molecule has 0 bridgehead atoms. The largest absolute Gasteiger partial charge is 0.378 e. The fourth-order valence-corrected chi connectivity index (χ4v) is 8.18. The van der Waals surface area contributed by atoms with Crippen LogP contribution in [0.2, 0.25) is 0 Å². The summed E-state index contributed by atoms with van der Waals surface area (Å²) < 4.78 is 0. The Hall–Kier alpha value is -3.04. The minimum Gasteiger partial charge on any atom is -0.378 e. The first-order chi connectivity index (χ1) is 22.5. The first kappa shape index (κ1) is 32.9. The van der Waals surface area contributed by atoms with Gasteiger partial charge in [-0.3, -0.25) is 19.4 Å². The zero-order valence-electron chi connectivity index (χ0n) is 27.2. The first-order valence-electron chi connectivity index (χ1n) is 17.8. The molecule has 2 heterocycles. The van der Waals surface area contributed by atoms with Crippen molar-refractivity contribution >= 4 is 35.3 Å². The highest BCUT2D eigenvalue weighted by Crippen LogP contribution is 2.33. The molecule has 6 rings (SSSR count). The number of carbonyl (C=O) groups is 2. The van der Waals surface area contributed by atoms with Crippen molar-refractivity contribution < 1.29 is 19.8 Å². The molecule has 2 aliphatic carbocycles. The zero-order valence-corrected chi connectivity index (χ0v) is 27.2. The molecule has 2 aliphatic heterocycles. The van der Waals surface area contributed by atoms with Gasteiger partial charge in [-0.05, 0) is 98.6 Å². The molecule has 2 aromatic rings. The topological polar surface area (TPSA) is 105 Å². The molecule has 8 heteroatoms. The van der Waals surface area contributed by atoms with Crippen molar-refractivity contribution in [2.24, 2.45) is 11.8 Å². The maximum Gasteiger partial charge on any atom is 0.241 e. The van der Waals surface area contributed by atoms with E-state index in [4.69, 9.17) is 0 Å². The number of aliphatic hydroxyl groups is 2. The first-order valence-corrected chi connectivity index (χ1v) is 17.8. The van der Waals surface area contributed by atoms with E-state index in [1.807, 2.05) is 70.5 Å². The maximum atomic E-state index is 13.2. The molecule has 0 spiro atoms. The van der Waals surface area contributed by atoms with E-state index in [1.54, 1.807) is 0 Å². The normalized spacial score (nSPS) is 25.1. The van der Waals surface area contributed by atoms with E-state index < -0.39 is 12.5 Å². The molecule has 2 amide bonds. The second-order valence-corrected chi connectivity index (χ2v) is 14.0. The number of aliphatic hydroxyl groups excluding tert-OH is 2. The molecule has 4 fully saturated rings. The van der Waals surface area contributed by atoms with Gasteiger partial charge in [0.15, 0.2) is 0 Å². The minimum atomic E-state index is -0.529. The minimum absolute atomic E-state index is 0.0381. The highest BCUT2D eigenvalue weighted by Gasteiger charge is 2.39. The van der Waals surface area contributed by atoms with Crippen LogP contribution in [0.15, 0.2) is 48.5 Å². The lowest BCUT2D eigenvalue weighted by Gasteiger charge is -2.35. The molecule has 248 valence electrons. The SMILES string of the molecule is O=C(Nc1ccc(/C=C/c2ccc(NC(=O)[C@@H]3CCCN3[C@@H](O)C3CCCCC3)cc2)cc1)[C@@H]1CCCN1[C@@H](O)C1CCCCC1. The summed E-state index contributed by atoms with van der Waals surface area (Å²) in [6.07, 6.45) is 17.8. The highest BCUT2D eigenvalue weighted by molar-refractivity contribution is 5.96. The molecule has 2 saturated carbocycles. The molecule has 4 atom stereocenters. The number of benzene rings is 2. The zero-order chi connectivity index (χ0) is 31.9. The predicted molar refractivity (Wildman–Crippen MR) is 184 cm³/mol. The number of amides is 2. The van der Waals surface area contributed by atoms with Crippen LogP contribution in [0.25, 0.3) is 12.2 Å². The quantitative estimate of drug-likeness (QED) is 0.225. The van der Waals surface area contributed by atoms with Crippen molar-refractivity contribution in [3.63, 3.8) is 0 Å². The summed E-state index contributed by atoms with van der Waals surface area (Å²) in [7, 11) is 0. The average Bonchev–Trinajstić information content (AvgIpc) is 3.80. The third kappa shape index (κ3) is 8.08. The van der Waals surface area contributed by atoms with Crippen molar-refractivity contribution in [1.29, 1.82) is 0 Å². The van der Waals surface area contributed by atoms with Crippen LogP contribution in [0, 0.1) is 11.8 Å². The number of hydrogen-bond donors (Lipinski definition) is 4. The lowest BCUT2D eigenvalue weighted by molar-refractivity contribution is -0.127. The van der Waals surface area contributed by atoms with Crippen LogP contribution in [0.5, 0.6) is 0 Å². The van der Waals surface area contributed by atoms with Gasteiger partial charge in [0, 0.05) is 24.5 Å². The van der Waals surface area contributed by atoms with Crippen LogP contribution in [0.3, 0.4) is 0 Å². The van der Waals surface area contributed by atoms with E-state index in [2.05, 4.69) is 10.6 Å². The Labute approximate surface area is 274 Å². The number of nitrogens with zero attached hydrogens (tertiary/aromatic N) is 2. The van der Waals surface area contributed by atoms with Crippen LogP contribution in [0.1, 0.15) is 101 Å². The number of anilines is 2. The summed E-state index contributed by atoms with van der Waals surface area (Å²) >= 11 is 0. The van der Waals surface area contributed by atoms with Crippen molar-refractivity contribution in [3.8, 4) is 0 Å². The second-order valence-electron chi connectivity index (χ2n) is 14.0. The third-order valence-electron chi connectivity index (χ3n) is 10.8. The van der Waals surface area contributed by atoms with Gasteiger partial charge in [-0.15, -0.1) is 0 Å². The molecule has 4 aliphatic rings. The van der Waals surface area contributed by atoms with Crippen LogP contribution in [0.4, 0.5) is 11.4 Å². The standard InChI is InChI=1S/C38H52N4O4/c43-35(33-13-7-25-41(33)37(45)29-9-3-1-4-10-29)39-31-21-17-27(18-22-31)15-16-28-19-23-32(24-20-28)40-36(44)34-14-8-26-42(34)38(46)30-11-5-2-6-12-30/h15-24,29-30,33-34,37-38,45-46H,1-14,25-26H2,(H,39,43)(H,40,44)/b16-15+/t33-,34-,37-,38-/m0/s1. The lowest BCUT2D eigenvalue weighted by atomic mass is 9.87. The Bertz CT molecular complexity index is 1220.